The Morgan fingerprint density at radius 2 is 2.09 bits per heavy atom. The van der Waals surface area contributed by atoms with Crippen LogP contribution >= 0.6 is 35.3 Å². The van der Waals surface area contributed by atoms with Crippen molar-refractivity contribution < 1.29 is 4.74 Å². The lowest BCUT2D eigenvalue weighted by molar-refractivity contribution is 0.301. The Labute approximate surface area is 152 Å². The van der Waals surface area contributed by atoms with Gasteiger partial charge in [-0.05, 0) is 30.2 Å². The molecule has 2 unspecified atom stereocenters. The van der Waals surface area contributed by atoms with E-state index in [9.17, 15) is 0 Å². The number of rotatable bonds is 5. The number of thiazole rings is 1. The first-order valence-electron chi connectivity index (χ1n) is 7.40. The number of hydrogen-bond donors (Lipinski definition) is 1. The highest BCUT2D eigenvalue weighted by Gasteiger charge is 2.26. The molecule has 0 aliphatic carbocycles. The summed E-state index contributed by atoms with van der Waals surface area (Å²) < 4.78 is 5.72. The number of nitrogens with zero attached hydrogens (tertiary/aromatic N) is 2. The summed E-state index contributed by atoms with van der Waals surface area (Å²) in [5.41, 5.74) is 7.16. The number of hydrogen-bond acceptors (Lipinski definition) is 5. The van der Waals surface area contributed by atoms with Gasteiger partial charge in [-0.3, -0.25) is 4.90 Å². The maximum Gasteiger partial charge on any atom is 0.140 e. The van der Waals surface area contributed by atoms with E-state index in [0.717, 1.165) is 36.1 Å². The van der Waals surface area contributed by atoms with Crippen molar-refractivity contribution >= 4 is 35.3 Å². The van der Waals surface area contributed by atoms with Crippen molar-refractivity contribution in [2.24, 2.45) is 11.7 Å². The lowest BCUT2D eigenvalue weighted by Crippen LogP contribution is -2.28. The third kappa shape index (κ3) is 5.06. The molecule has 2 atom stereocenters. The third-order valence-corrected chi connectivity index (χ3v) is 5.03. The van der Waals surface area contributed by atoms with E-state index in [-0.39, 0.29) is 18.4 Å². The smallest absolute Gasteiger partial charge is 0.140 e. The van der Waals surface area contributed by atoms with Crippen LogP contribution in [0.1, 0.15) is 17.6 Å². The maximum atomic E-state index is 6.06. The molecule has 4 nitrogen and oxygen atoms in total. The van der Waals surface area contributed by atoms with Crippen LogP contribution in [0.2, 0.25) is 5.02 Å². The van der Waals surface area contributed by atoms with Crippen LogP contribution in [-0.2, 0) is 13.2 Å². The van der Waals surface area contributed by atoms with Gasteiger partial charge in [-0.1, -0.05) is 18.5 Å². The zero-order valence-electron chi connectivity index (χ0n) is 12.9. The van der Waals surface area contributed by atoms with E-state index in [1.165, 1.54) is 0 Å². The molecule has 7 heteroatoms. The van der Waals surface area contributed by atoms with Crippen molar-refractivity contribution in [2.45, 2.75) is 26.1 Å². The Kier molecular flexibility index (Phi) is 6.68. The van der Waals surface area contributed by atoms with Gasteiger partial charge in [0.15, 0.2) is 0 Å². The summed E-state index contributed by atoms with van der Waals surface area (Å²) >= 11 is 7.49. The highest BCUT2D eigenvalue weighted by molar-refractivity contribution is 7.09. The molecule has 2 N–H and O–H groups in total. The normalized spacial score (nSPS) is 21.2. The van der Waals surface area contributed by atoms with Crippen molar-refractivity contribution in [3.05, 3.63) is 45.4 Å². The van der Waals surface area contributed by atoms with Crippen molar-refractivity contribution in [3.63, 3.8) is 0 Å². The molecule has 126 valence electrons. The summed E-state index contributed by atoms with van der Waals surface area (Å²) in [6.45, 7) is 5.57. The van der Waals surface area contributed by atoms with E-state index < -0.39 is 0 Å². The largest absolute Gasteiger partial charge is 0.486 e. The minimum absolute atomic E-state index is 0. The number of benzene rings is 1. The molecule has 1 aliphatic heterocycles. The topological polar surface area (TPSA) is 51.4 Å². The molecule has 2 aromatic rings. The van der Waals surface area contributed by atoms with Crippen LogP contribution in [0.25, 0.3) is 0 Å². The fraction of sp³-hybridized carbons (Fsp3) is 0.438. The first kappa shape index (κ1) is 18.5. The van der Waals surface area contributed by atoms with E-state index in [2.05, 4.69) is 22.2 Å². The zero-order chi connectivity index (χ0) is 15.5. The van der Waals surface area contributed by atoms with Crippen LogP contribution in [0.4, 0.5) is 0 Å². The van der Waals surface area contributed by atoms with Crippen LogP contribution in [-0.4, -0.2) is 29.0 Å². The Morgan fingerprint density at radius 3 is 2.74 bits per heavy atom. The fourth-order valence-corrected chi connectivity index (χ4v) is 3.44. The maximum absolute atomic E-state index is 6.06. The van der Waals surface area contributed by atoms with Crippen molar-refractivity contribution in [1.29, 1.82) is 0 Å². The van der Waals surface area contributed by atoms with Crippen molar-refractivity contribution in [3.8, 4) is 5.75 Å². The Hall–Kier alpha value is -0.850. The third-order valence-electron chi connectivity index (χ3n) is 3.91. The molecule has 0 bridgehead atoms. The summed E-state index contributed by atoms with van der Waals surface area (Å²) in [5.74, 6) is 1.37. The van der Waals surface area contributed by atoms with Gasteiger partial charge in [0.05, 0.1) is 5.69 Å². The van der Waals surface area contributed by atoms with Gasteiger partial charge >= 0.3 is 0 Å². The van der Waals surface area contributed by atoms with E-state index in [1.807, 2.05) is 24.3 Å². The van der Waals surface area contributed by atoms with Crippen molar-refractivity contribution in [2.75, 3.05) is 13.1 Å². The second-order valence-corrected chi connectivity index (χ2v) is 7.19. The van der Waals surface area contributed by atoms with E-state index in [0.29, 0.717) is 17.5 Å². The summed E-state index contributed by atoms with van der Waals surface area (Å²) in [6.07, 6.45) is 0. The van der Waals surface area contributed by atoms with E-state index >= 15 is 0 Å². The molecule has 0 saturated carbocycles. The molecule has 0 radical (unpaired) electrons. The van der Waals surface area contributed by atoms with Crippen molar-refractivity contribution in [1.82, 2.24) is 9.88 Å². The molecule has 0 amide bonds. The van der Waals surface area contributed by atoms with E-state index in [4.69, 9.17) is 22.1 Å². The number of aromatic nitrogens is 1. The second kappa shape index (κ2) is 8.31. The average Bonchev–Trinajstić information content (AvgIpc) is 3.06. The van der Waals surface area contributed by atoms with Crippen LogP contribution in [0.5, 0.6) is 5.75 Å². The van der Waals surface area contributed by atoms with Gasteiger partial charge in [-0.2, -0.15) is 0 Å². The first-order valence-corrected chi connectivity index (χ1v) is 8.65. The van der Waals surface area contributed by atoms with Gasteiger partial charge in [0, 0.05) is 36.1 Å². The highest BCUT2D eigenvalue weighted by Crippen LogP contribution is 2.20. The number of likely N-dealkylation sites (tertiary alicyclic amines) is 1. The molecule has 1 fully saturated rings. The Morgan fingerprint density at radius 1 is 1.35 bits per heavy atom. The monoisotopic (exact) mass is 373 g/mol. The molecule has 1 aromatic heterocycles. The fourth-order valence-electron chi connectivity index (χ4n) is 2.62. The Bertz CT molecular complexity index is 610. The van der Waals surface area contributed by atoms with Crippen LogP contribution in [0.3, 0.4) is 0 Å². The molecule has 1 aliphatic rings. The highest BCUT2D eigenvalue weighted by atomic mass is 35.5. The second-order valence-electron chi connectivity index (χ2n) is 5.81. The van der Waals surface area contributed by atoms with Gasteiger partial charge in [0.1, 0.15) is 17.4 Å². The summed E-state index contributed by atoms with van der Waals surface area (Å²) in [7, 11) is 0. The molecule has 23 heavy (non-hydrogen) atoms. The van der Waals surface area contributed by atoms with Crippen LogP contribution in [0, 0.1) is 5.92 Å². The quantitative estimate of drug-likeness (QED) is 0.869. The summed E-state index contributed by atoms with van der Waals surface area (Å²) in [6, 6.07) is 7.66. The average molecular weight is 374 g/mol. The summed E-state index contributed by atoms with van der Waals surface area (Å²) in [5, 5.41) is 3.80. The first-order chi connectivity index (χ1) is 10.6. The van der Waals surface area contributed by atoms with Gasteiger partial charge < -0.3 is 10.5 Å². The number of nitrogens with two attached hydrogens (primary N) is 1. The molecule has 1 saturated heterocycles. The van der Waals surface area contributed by atoms with Gasteiger partial charge in [-0.25, -0.2) is 4.98 Å². The van der Waals surface area contributed by atoms with E-state index in [1.54, 1.807) is 11.3 Å². The molecular formula is C16H21Cl2N3OS. The predicted molar refractivity (Wildman–Crippen MR) is 97.6 cm³/mol. The standard InChI is InChI=1S/C16H20ClN3OS.ClH/c1-11-6-20(8-15(11)18)7-13-10-22-16(19-13)9-21-14-4-2-12(17)3-5-14;/h2-5,10-11,15H,6-9,18H2,1H3;1H. The molecule has 1 aromatic carbocycles. The van der Waals surface area contributed by atoms with Gasteiger partial charge in [0.25, 0.3) is 0 Å². The zero-order valence-corrected chi connectivity index (χ0v) is 15.3. The summed E-state index contributed by atoms with van der Waals surface area (Å²) in [4.78, 5) is 7.01. The van der Waals surface area contributed by atoms with Crippen LogP contribution < -0.4 is 10.5 Å². The molecule has 0 spiro atoms. The molecule has 3 rings (SSSR count). The SMILES string of the molecule is CC1CN(Cc2csc(COc3ccc(Cl)cc3)n2)CC1N.Cl. The van der Waals surface area contributed by atoms with Gasteiger partial charge in [-0.15, -0.1) is 23.7 Å². The number of halogens is 2. The molecule has 2 heterocycles. The Balaban J connectivity index is 0.00000192. The molecular weight excluding hydrogens is 353 g/mol. The lowest BCUT2D eigenvalue weighted by atomic mass is 10.1. The minimum atomic E-state index is 0. The lowest BCUT2D eigenvalue weighted by Gasteiger charge is -2.12. The minimum Gasteiger partial charge on any atom is -0.486 e. The number of ether oxygens (including phenoxy) is 1. The predicted octanol–water partition coefficient (Wildman–Crippen LogP) is 3.58. The van der Waals surface area contributed by atoms with Gasteiger partial charge in [0.2, 0.25) is 0 Å². The van der Waals surface area contributed by atoms with Crippen LogP contribution in [0.15, 0.2) is 29.6 Å².